The summed E-state index contributed by atoms with van der Waals surface area (Å²) < 4.78 is 0. The van der Waals surface area contributed by atoms with Gasteiger partial charge < -0.3 is 0 Å². The van der Waals surface area contributed by atoms with E-state index in [4.69, 9.17) is 0 Å². The summed E-state index contributed by atoms with van der Waals surface area (Å²) in [6.45, 7) is 9.98. The molecule has 0 amide bonds. The Morgan fingerprint density at radius 2 is 1.11 bits per heavy atom. The molecule has 0 aromatic carbocycles. The van der Waals surface area contributed by atoms with Gasteiger partial charge in [0.15, 0.2) is 0 Å². The van der Waals surface area contributed by atoms with E-state index in [1.165, 1.54) is 25.7 Å². The highest BCUT2D eigenvalue weighted by molar-refractivity contribution is 5.31. The number of hydrogen-bond donors (Lipinski definition) is 0. The van der Waals surface area contributed by atoms with Crippen LogP contribution in [-0.4, -0.2) is 0 Å². The minimum Gasteiger partial charge on any atom is -0.0841 e. The molecule has 3 aliphatic rings. The molecule has 0 heterocycles. The molecule has 6 atom stereocenters. The van der Waals surface area contributed by atoms with Gasteiger partial charge in [0.25, 0.3) is 0 Å². The number of allylic oxidation sites excluding steroid dienone is 4. The van der Waals surface area contributed by atoms with Crippen molar-refractivity contribution in [2.45, 2.75) is 53.4 Å². The van der Waals surface area contributed by atoms with Gasteiger partial charge in [0.05, 0.1) is 0 Å². The first-order chi connectivity index (χ1) is 8.59. The van der Waals surface area contributed by atoms with Gasteiger partial charge in [0.1, 0.15) is 0 Å². The third-order valence-corrected chi connectivity index (χ3v) is 6.45. The SMILES string of the molecule is CC1CC2C(C)C3=C(CC=CC3)C(C)C2CC1C. The molecule has 0 saturated heterocycles. The molecular weight excluding hydrogens is 216 g/mol. The molecule has 0 aromatic heterocycles. The van der Waals surface area contributed by atoms with Crippen molar-refractivity contribution in [3.05, 3.63) is 23.3 Å². The van der Waals surface area contributed by atoms with E-state index in [9.17, 15) is 0 Å². The molecule has 1 saturated carbocycles. The van der Waals surface area contributed by atoms with Crippen LogP contribution in [0.1, 0.15) is 53.4 Å². The lowest BCUT2D eigenvalue weighted by atomic mass is 9.55. The summed E-state index contributed by atoms with van der Waals surface area (Å²) in [6.07, 6.45) is 10.2. The third-order valence-electron chi connectivity index (χ3n) is 6.45. The van der Waals surface area contributed by atoms with Crippen LogP contribution in [0.2, 0.25) is 0 Å². The van der Waals surface area contributed by atoms with Crippen LogP contribution in [0.5, 0.6) is 0 Å². The standard InChI is InChI=1S/C18H28/c1-11-9-17-13(3)15-7-5-6-8-16(15)14(4)18(17)10-12(11)2/h5-6,11-14,17-18H,7-10H2,1-4H3. The Labute approximate surface area is 113 Å². The van der Waals surface area contributed by atoms with Gasteiger partial charge in [0.2, 0.25) is 0 Å². The molecule has 3 aliphatic carbocycles. The zero-order valence-corrected chi connectivity index (χ0v) is 12.4. The Morgan fingerprint density at radius 3 is 1.50 bits per heavy atom. The van der Waals surface area contributed by atoms with E-state index in [-0.39, 0.29) is 0 Å². The van der Waals surface area contributed by atoms with Crippen molar-refractivity contribution >= 4 is 0 Å². The highest BCUT2D eigenvalue weighted by Gasteiger charge is 2.44. The van der Waals surface area contributed by atoms with Gasteiger partial charge in [-0.15, -0.1) is 0 Å². The molecule has 100 valence electrons. The second-order valence-corrected chi connectivity index (χ2v) is 7.26. The van der Waals surface area contributed by atoms with Gasteiger partial charge in [-0.05, 0) is 61.2 Å². The lowest BCUT2D eigenvalue weighted by molar-refractivity contribution is 0.0630. The topological polar surface area (TPSA) is 0 Å². The molecule has 0 heteroatoms. The van der Waals surface area contributed by atoms with Gasteiger partial charge in [0, 0.05) is 0 Å². The van der Waals surface area contributed by atoms with Gasteiger partial charge in [-0.3, -0.25) is 0 Å². The van der Waals surface area contributed by atoms with Gasteiger partial charge in [-0.25, -0.2) is 0 Å². The normalized spacial score (nSPS) is 47.8. The van der Waals surface area contributed by atoms with Crippen molar-refractivity contribution in [2.75, 3.05) is 0 Å². The van der Waals surface area contributed by atoms with Crippen molar-refractivity contribution in [3.8, 4) is 0 Å². The summed E-state index contributed by atoms with van der Waals surface area (Å²) in [5.74, 6) is 5.50. The Balaban J connectivity index is 1.93. The fraction of sp³-hybridized carbons (Fsp3) is 0.778. The highest BCUT2D eigenvalue weighted by Crippen LogP contribution is 2.53. The van der Waals surface area contributed by atoms with Gasteiger partial charge in [-0.1, -0.05) is 51.0 Å². The molecule has 1 fully saturated rings. The smallest absolute Gasteiger partial charge is 0.0133 e. The van der Waals surface area contributed by atoms with Crippen molar-refractivity contribution in [1.82, 2.24) is 0 Å². The Kier molecular flexibility index (Phi) is 3.16. The Morgan fingerprint density at radius 1 is 0.722 bits per heavy atom. The first-order valence-corrected chi connectivity index (χ1v) is 7.96. The van der Waals surface area contributed by atoms with Crippen molar-refractivity contribution < 1.29 is 0 Å². The molecule has 18 heavy (non-hydrogen) atoms. The minimum atomic E-state index is 0.848. The first kappa shape index (κ1) is 12.5. The fourth-order valence-electron chi connectivity index (χ4n) is 4.98. The number of fused-ring (bicyclic) bond motifs is 1. The lowest BCUT2D eigenvalue weighted by Crippen LogP contribution is -2.41. The fourth-order valence-corrected chi connectivity index (χ4v) is 4.98. The summed E-state index contributed by atoms with van der Waals surface area (Å²) in [5, 5.41) is 0. The van der Waals surface area contributed by atoms with Gasteiger partial charge >= 0.3 is 0 Å². The lowest BCUT2D eigenvalue weighted by Gasteiger charge is -2.50. The Hall–Kier alpha value is -0.520. The van der Waals surface area contributed by atoms with E-state index in [1.54, 1.807) is 0 Å². The molecule has 0 radical (unpaired) electrons. The predicted octanol–water partition coefficient (Wildman–Crippen LogP) is 5.22. The average molecular weight is 244 g/mol. The van der Waals surface area contributed by atoms with Crippen LogP contribution >= 0.6 is 0 Å². The van der Waals surface area contributed by atoms with E-state index >= 15 is 0 Å². The van der Waals surface area contributed by atoms with Crippen LogP contribution in [0.4, 0.5) is 0 Å². The van der Waals surface area contributed by atoms with E-state index in [2.05, 4.69) is 39.8 Å². The first-order valence-electron chi connectivity index (χ1n) is 7.96. The molecule has 0 nitrogen and oxygen atoms in total. The molecule has 0 bridgehead atoms. The summed E-state index contributed by atoms with van der Waals surface area (Å²) in [5.41, 5.74) is 3.63. The zero-order chi connectivity index (χ0) is 12.9. The van der Waals surface area contributed by atoms with Crippen LogP contribution in [0.25, 0.3) is 0 Å². The minimum absolute atomic E-state index is 0.848. The summed E-state index contributed by atoms with van der Waals surface area (Å²) in [6, 6.07) is 0. The summed E-state index contributed by atoms with van der Waals surface area (Å²) >= 11 is 0. The van der Waals surface area contributed by atoms with Gasteiger partial charge in [-0.2, -0.15) is 0 Å². The van der Waals surface area contributed by atoms with Crippen LogP contribution in [-0.2, 0) is 0 Å². The second-order valence-electron chi connectivity index (χ2n) is 7.26. The molecule has 0 spiro atoms. The van der Waals surface area contributed by atoms with Crippen LogP contribution in [0.15, 0.2) is 23.3 Å². The molecular formula is C18H28. The zero-order valence-electron chi connectivity index (χ0n) is 12.4. The van der Waals surface area contributed by atoms with E-state index in [0.717, 1.165) is 35.5 Å². The molecule has 3 rings (SSSR count). The van der Waals surface area contributed by atoms with E-state index < -0.39 is 0 Å². The largest absolute Gasteiger partial charge is 0.0841 e. The predicted molar refractivity (Wildman–Crippen MR) is 78.3 cm³/mol. The maximum Gasteiger partial charge on any atom is -0.0133 e. The Bertz CT molecular complexity index is 351. The maximum absolute atomic E-state index is 2.51. The third kappa shape index (κ3) is 1.80. The number of rotatable bonds is 0. The highest BCUT2D eigenvalue weighted by atomic mass is 14.5. The van der Waals surface area contributed by atoms with E-state index in [1.807, 2.05) is 11.1 Å². The van der Waals surface area contributed by atoms with Crippen molar-refractivity contribution in [1.29, 1.82) is 0 Å². The average Bonchev–Trinajstić information content (AvgIpc) is 2.38. The summed E-state index contributed by atoms with van der Waals surface area (Å²) in [7, 11) is 0. The number of hydrogen-bond acceptors (Lipinski definition) is 0. The van der Waals surface area contributed by atoms with Crippen LogP contribution in [0, 0.1) is 35.5 Å². The second kappa shape index (κ2) is 4.54. The molecule has 0 aromatic rings. The summed E-state index contributed by atoms with van der Waals surface area (Å²) in [4.78, 5) is 0. The quantitative estimate of drug-likeness (QED) is 0.513. The molecule has 0 aliphatic heterocycles. The monoisotopic (exact) mass is 244 g/mol. The molecule has 0 N–H and O–H groups in total. The van der Waals surface area contributed by atoms with Crippen LogP contribution < -0.4 is 0 Å². The maximum atomic E-state index is 2.51. The van der Waals surface area contributed by atoms with E-state index in [0.29, 0.717) is 0 Å². The van der Waals surface area contributed by atoms with Crippen molar-refractivity contribution in [2.24, 2.45) is 35.5 Å². The molecule has 6 unspecified atom stereocenters. The van der Waals surface area contributed by atoms with Crippen molar-refractivity contribution in [3.63, 3.8) is 0 Å². The van der Waals surface area contributed by atoms with Crippen LogP contribution in [0.3, 0.4) is 0 Å².